The predicted octanol–water partition coefficient (Wildman–Crippen LogP) is 1.97. The number of ketones is 1. The van der Waals surface area contributed by atoms with Gasteiger partial charge in [0.15, 0.2) is 12.3 Å². The molecule has 3 aromatic rings. The van der Waals surface area contributed by atoms with Crippen molar-refractivity contribution in [1.29, 1.82) is 0 Å². The highest BCUT2D eigenvalue weighted by molar-refractivity contribution is 8.03. The van der Waals surface area contributed by atoms with Crippen LogP contribution >= 0.6 is 23.1 Å². The summed E-state index contributed by atoms with van der Waals surface area (Å²) in [6.07, 6.45) is 3.97. The molecule has 0 spiro atoms. The van der Waals surface area contributed by atoms with E-state index < -0.39 is 0 Å². The monoisotopic (exact) mass is 663 g/mol. The van der Waals surface area contributed by atoms with Crippen LogP contribution in [-0.2, 0) is 11.3 Å². The van der Waals surface area contributed by atoms with Gasteiger partial charge in [0.2, 0.25) is 5.52 Å². The molecule has 2 aromatic carbocycles. The van der Waals surface area contributed by atoms with Crippen LogP contribution in [0.2, 0.25) is 0 Å². The molecular weight excluding hydrogens is 629 g/mol. The van der Waals surface area contributed by atoms with Crippen LogP contribution in [0.3, 0.4) is 0 Å². The lowest BCUT2D eigenvalue weighted by atomic mass is 9.89. The summed E-state index contributed by atoms with van der Waals surface area (Å²) in [6, 6.07) is 16.3. The summed E-state index contributed by atoms with van der Waals surface area (Å²) in [5.41, 5.74) is 4.63. The highest BCUT2D eigenvalue weighted by Gasteiger charge is 2.37. The molecule has 0 bridgehead atoms. The fourth-order valence-electron chi connectivity index (χ4n) is 4.88. The smallest absolute Gasteiger partial charge is 0.263 e. The highest BCUT2D eigenvalue weighted by Crippen LogP contribution is 2.45. The van der Waals surface area contributed by atoms with Crippen LogP contribution in [0.15, 0.2) is 76.5 Å². The van der Waals surface area contributed by atoms with Crippen molar-refractivity contribution in [2.45, 2.75) is 27.8 Å². The van der Waals surface area contributed by atoms with E-state index in [1.807, 2.05) is 42.5 Å². The molecule has 2 heterocycles. The predicted molar refractivity (Wildman–Crippen MR) is 156 cm³/mol. The van der Waals surface area contributed by atoms with E-state index in [0.717, 1.165) is 55.2 Å². The zero-order valence-electron chi connectivity index (χ0n) is 20.9. The van der Waals surface area contributed by atoms with Gasteiger partial charge in [-0.05, 0) is 37.0 Å². The zero-order valence-corrected chi connectivity index (χ0v) is 24.6. The van der Waals surface area contributed by atoms with Gasteiger partial charge < -0.3 is 44.0 Å². The Hall–Kier alpha value is -2.18. The van der Waals surface area contributed by atoms with Gasteiger partial charge in [-0.25, -0.2) is 0 Å². The lowest BCUT2D eigenvalue weighted by Crippen LogP contribution is -3.00. The fraction of sp³-hybridized carbons (Fsp3) is 0.310. The summed E-state index contributed by atoms with van der Waals surface area (Å²) in [5.74, 6) is 1.80. The maximum Gasteiger partial charge on any atom is 0.263 e. The Balaban J connectivity index is 0.00000200. The topological polar surface area (TPSA) is 67.9 Å². The van der Waals surface area contributed by atoms with E-state index in [1.54, 1.807) is 23.1 Å². The Labute approximate surface area is 250 Å². The maximum absolute atomic E-state index is 13.5. The second-order valence-corrected chi connectivity index (χ2v) is 10.8. The van der Waals surface area contributed by atoms with Crippen LogP contribution in [0.4, 0.5) is 11.4 Å². The summed E-state index contributed by atoms with van der Waals surface area (Å²) in [7, 11) is 0. The molecule has 6 nitrogen and oxygen atoms in total. The van der Waals surface area contributed by atoms with E-state index in [4.69, 9.17) is 0 Å². The van der Waals surface area contributed by atoms with Crippen molar-refractivity contribution in [3.05, 3.63) is 81.5 Å². The Bertz CT molecular complexity index is 1410. The van der Waals surface area contributed by atoms with Crippen molar-refractivity contribution in [2.24, 2.45) is 0 Å². The normalized spacial score (nSPS) is 16.7. The number of hydrogen-bond acceptors (Lipinski definition) is 7. The first-order valence-corrected chi connectivity index (χ1v) is 14.1. The molecule has 0 amide bonds. The van der Waals surface area contributed by atoms with Crippen molar-refractivity contribution < 1.29 is 43.6 Å². The summed E-state index contributed by atoms with van der Waals surface area (Å²) in [5, 5.41) is 20.4. The Morgan fingerprint density at radius 3 is 2.32 bits per heavy atom. The standard InChI is InChI=1S/C28H30N3O3S2.CH4.HI/c1-3-29-21-9-5-6-10-22(21)30(13-15-32)25(29)17-19-27(34)20(28(19)35-4-2)18-26-31(14-16-33)23-11-7-8-12-24(23)36-26;;/h5-12,17-18,32-33H,3-4,13-16H2,1-2H3;1H4;1H/q+1;;/p-1. The van der Waals surface area contributed by atoms with Gasteiger partial charge in [0, 0.05) is 41.3 Å². The van der Waals surface area contributed by atoms with E-state index in [-0.39, 0.29) is 50.4 Å². The minimum atomic E-state index is 0. The number of aromatic nitrogens is 1. The Kier molecular flexibility index (Phi) is 10.6. The summed E-state index contributed by atoms with van der Waals surface area (Å²) in [6.45, 7) is 5.95. The number of β-amino-alcohol motifs (C(OH)–C–C–N with tert-alkyl or cyclic N) is 1. The van der Waals surface area contributed by atoms with E-state index in [9.17, 15) is 15.0 Å². The molecule has 38 heavy (non-hydrogen) atoms. The second-order valence-electron chi connectivity index (χ2n) is 8.46. The number of thiazole rings is 1. The third kappa shape index (κ3) is 5.31. The molecular formula is C29H34IN3O3S2. The number of halogens is 1. The van der Waals surface area contributed by atoms with E-state index in [0.29, 0.717) is 18.7 Å². The number of fused-ring (bicyclic) bond motifs is 2. The SMILES string of the molecule is C.CCSC1=C(C=C2N(CC)c3ccccc3N2CCO)C(=O)C1=Cc1sc2ccccc2[n+]1CCO.[I-]. The molecule has 0 atom stereocenters. The van der Waals surface area contributed by atoms with Crippen LogP contribution < -0.4 is 38.3 Å². The quantitative estimate of drug-likeness (QED) is 0.208. The second kappa shape index (κ2) is 13.3. The van der Waals surface area contributed by atoms with Crippen molar-refractivity contribution >= 4 is 56.5 Å². The van der Waals surface area contributed by atoms with Gasteiger partial charge in [0.05, 0.1) is 18.0 Å². The van der Waals surface area contributed by atoms with Gasteiger partial charge in [0.25, 0.3) is 5.01 Å². The summed E-state index contributed by atoms with van der Waals surface area (Å²) < 4.78 is 3.21. The molecule has 202 valence electrons. The molecule has 1 aliphatic heterocycles. The highest BCUT2D eigenvalue weighted by atomic mass is 127. The van der Waals surface area contributed by atoms with Crippen molar-refractivity contribution in [3.8, 4) is 0 Å². The minimum absolute atomic E-state index is 0. The number of Topliss-reactive ketones (excluding diaryl/α,β-unsaturated/α-hetero) is 1. The van der Waals surface area contributed by atoms with E-state index in [1.165, 1.54) is 0 Å². The lowest BCUT2D eigenvalue weighted by molar-refractivity contribution is -0.670. The number of aliphatic hydroxyl groups is 2. The Morgan fingerprint density at radius 1 is 0.974 bits per heavy atom. The van der Waals surface area contributed by atoms with Gasteiger partial charge in [-0.2, -0.15) is 4.57 Å². The number of allylic oxidation sites excluding steroid dienone is 3. The van der Waals surface area contributed by atoms with Gasteiger partial charge in [-0.15, -0.1) is 11.8 Å². The number of carbonyl (C=O) groups excluding carboxylic acids is 1. The zero-order chi connectivity index (χ0) is 25.2. The van der Waals surface area contributed by atoms with Crippen molar-refractivity contribution in [2.75, 3.05) is 41.9 Å². The van der Waals surface area contributed by atoms with Crippen LogP contribution in [0, 0.1) is 0 Å². The van der Waals surface area contributed by atoms with Gasteiger partial charge in [0.1, 0.15) is 17.1 Å². The number of anilines is 2. The van der Waals surface area contributed by atoms with Crippen LogP contribution in [0.1, 0.15) is 26.3 Å². The first-order valence-electron chi connectivity index (χ1n) is 12.3. The van der Waals surface area contributed by atoms with Gasteiger partial charge >= 0.3 is 0 Å². The van der Waals surface area contributed by atoms with Crippen molar-refractivity contribution in [1.82, 2.24) is 0 Å². The number of para-hydroxylation sites is 3. The average Bonchev–Trinajstić information content (AvgIpc) is 3.40. The number of hydrogen-bond donors (Lipinski definition) is 2. The minimum Gasteiger partial charge on any atom is -1.00 e. The first kappa shape index (κ1) is 30.4. The van der Waals surface area contributed by atoms with E-state index >= 15 is 0 Å². The molecule has 0 saturated heterocycles. The molecule has 9 heteroatoms. The third-order valence-electron chi connectivity index (χ3n) is 6.42. The maximum atomic E-state index is 13.5. The van der Waals surface area contributed by atoms with Crippen LogP contribution in [-0.4, -0.2) is 48.1 Å². The number of thioether (sulfide) groups is 1. The molecule has 0 saturated carbocycles. The number of benzene rings is 2. The molecule has 0 fully saturated rings. The molecule has 1 aromatic heterocycles. The molecule has 0 radical (unpaired) electrons. The summed E-state index contributed by atoms with van der Waals surface area (Å²) >= 11 is 3.31. The first-order chi connectivity index (χ1) is 17.6. The molecule has 0 unspecified atom stereocenters. The van der Waals surface area contributed by atoms with Crippen LogP contribution in [0.5, 0.6) is 0 Å². The van der Waals surface area contributed by atoms with Gasteiger partial charge in [-0.1, -0.05) is 50.0 Å². The number of aliphatic hydroxyl groups excluding tert-OH is 2. The summed E-state index contributed by atoms with van der Waals surface area (Å²) in [4.78, 5) is 18.8. The van der Waals surface area contributed by atoms with Crippen LogP contribution in [0.25, 0.3) is 16.3 Å². The fourth-order valence-corrected chi connectivity index (χ4v) is 6.91. The average molecular weight is 664 g/mol. The molecule has 5 rings (SSSR count). The number of carbonyl (C=O) groups is 1. The van der Waals surface area contributed by atoms with Crippen molar-refractivity contribution in [3.63, 3.8) is 0 Å². The molecule has 2 aliphatic rings. The third-order valence-corrected chi connectivity index (χ3v) is 8.55. The van der Waals surface area contributed by atoms with E-state index in [2.05, 4.69) is 46.4 Å². The largest absolute Gasteiger partial charge is 1.00 e. The molecule has 1 aliphatic carbocycles. The Morgan fingerprint density at radius 2 is 1.66 bits per heavy atom. The number of rotatable bonds is 9. The van der Waals surface area contributed by atoms with Gasteiger partial charge in [-0.3, -0.25) is 4.79 Å². The lowest BCUT2D eigenvalue weighted by Gasteiger charge is -2.28. The number of nitrogens with zero attached hydrogens (tertiary/aromatic N) is 3. The molecule has 2 N–H and O–H groups in total.